The number of ether oxygens (including phenoxy) is 1. The lowest BCUT2D eigenvalue weighted by molar-refractivity contribution is -0.143. The van der Waals surface area contributed by atoms with Crippen LogP contribution in [0.1, 0.15) is 35.2 Å². The van der Waals surface area contributed by atoms with Gasteiger partial charge in [0.05, 0.1) is 13.0 Å². The highest BCUT2D eigenvalue weighted by Gasteiger charge is 2.26. The number of esters is 1. The topological polar surface area (TPSA) is 43.4 Å². The second-order valence-electron chi connectivity index (χ2n) is 4.53. The first-order chi connectivity index (χ1) is 8.61. The lowest BCUT2D eigenvalue weighted by atomic mass is 9.94. The van der Waals surface area contributed by atoms with Crippen LogP contribution in [0.3, 0.4) is 0 Å². The molecule has 0 spiro atoms. The van der Waals surface area contributed by atoms with Crippen molar-refractivity contribution in [2.75, 3.05) is 7.11 Å². The van der Waals surface area contributed by atoms with Crippen LogP contribution in [0.25, 0.3) is 0 Å². The van der Waals surface area contributed by atoms with E-state index in [4.69, 9.17) is 4.74 Å². The van der Waals surface area contributed by atoms with E-state index in [0.717, 1.165) is 12.0 Å². The molecule has 1 aliphatic rings. The summed E-state index contributed by atoms with van der Waals surface area (Å²) >= 11 is 0. The van der Waals surface area contributed by atoms with Gasteiger partial charge in [0.2, 0.25) is 0 Å². The molecule has 1 aliphatic carbocycles. The summed E-state index contributed by atoms with van der Waals surface area (Å²) in [7, 11) is 1.41. The molecule has 0 radical (unpaired) electrons. The first kappa shape index (κ1) is 12.6. The molecule has 0 aliphatic heterocycles. The lowest BCUT2D eigenvalue weighted by Gasteiger charge is -2.11. The van der Waals surface area contributed by atoms with Crippen molar-refractivity contribution >= 4 is 11.8 Å². The molecule has 0 N–H and O–H groups in total. The fraction of sp³-hybridized carbons (Fsp3) is 0.333. The Morgan fingerprint density at radius 2 is 1.83 bits per heavy atom. The minimum atomic E-state index is -0.186. The summed E-state index contributed by atoms with van der Waals surface area (Å²) in [5.41, 5.74) is 1.84. The summed E-state index contributed by atoms with van der Waals surface area (Å²) in [5.74, 6) is -0.0346. The summed E-state index contributed by atoms with van der Waals surface area (Å²) in [6, 6.07) is 7.56. The van der Waals surface area contributed by atoms with Crippen molar-refractivity contribution in [2.24, 2.45) is 5.92 Å². The van der Waals surface area contributed by atoms with E-state index in [2.05, 4.69) is 0 Å². The van der Waals surface area contributed by atoms with E-state index < -0.39 is 0 Å². The monoisotopic (exact) mass is 244 g/mol. The molecular formula is C15H16O3. The Kier molecular flexibility index (Phi) is 3.60. The molecular weight excluding hydrogens is 228 g/mol. The van der Waals surface area contributed by atoms with E-state index in [1.54, 1.807) is 6.92 Å². The van der Waals surface area contributed by atoms with Gasteiger partial charge in [-0.25, -0.2) is 0 Å². The van der Waals surface area contributed by atoms with Crippen molar-refractivity contribution in [3.05, 3.63) is 47.5 Å². The maximum atomic E-state index is 11.4. The molecule has 0 amide bonds. The van der Waals surface area contributed by atoms with Crippen molar-refractivity contribution in [3.63, 3.8) is 0 Å². The number of hydrogen-bond donors (Lipinski definition) is 0. The van der Waals surface area contributed by atoms with Crippen molar-refractivity contribution in [1.29, 1.82) is 0 Å². The van der Waals surface area contributed by atoms with Gasteiger partial charge in [0, 0.05) is 11.5 Å². The highest BCUT2D eigenvalue weighted by atomic mass is 16.5. The molecule has 0 bridgehead atoms. The first-order valence-corrected chi connectivity index (χ1v) is 5.99. The van der Waals surface area contributed by atoms with Gasteiger partial charge in [-0.05, 0) is 18.9 Å². The largest absolute Gasteiger partial charge is 0.469 e. The first-order valence-electron chi connectivity index (χ1n) is 5.99. The van der Waals surface area contributed by atoms with Gasteiger partial charge in [-0.1, -0.05) is 36.4 Å². The zero-order chi connectivity index (χ0) is 13.1. The van der Waals surface area contributed by atoms with Crippen molar-refractivity contribution in [1.82, 2.24) is 0 Å². The number of carbonyl (C=O) groups excluding carboxylic acids is 2. The molecule has 94 valence electrons. The van der Waals surface area contributed by atoms with Crippen molar-refractivity contribution in [3.8, 4) is 0 Å². The Hall–Kier alpha value is -1.90. The summed E-state index contributed by atoms with van der Waals surface area (Å²) < 4.78 is 4.73. The molecule has 18 heavy (non-hydrogen) atoms. The van der Waals surface area contributed by atoms with Gasteiger partial charge in [-0.3, -0.25) is 9.59 Å². The molecule has 0 unspecified atom stereocenters. The number of benzene rings is 1. The summed E-state index contributed by atoms with van der Waals surface area (Å²) in [6.45, 7) is 1.55. The highest BCUT2D eigenvalue weighted by molar-refractivity contribution is 5.94. The minimum Gasteiger partial charge on any atom is -0.469 e. The third-order valence-electron chi connectivity index (χ3n) is 3.33. The van der Waals surface area contributed by atoms with Crippen LogP contribution < -0.4 is 0 Å². The molecule has 0 saturated carbocycles. The number of methoxy groups -OCH3 is 1. The number of allylic oxidation sites excluding steroid dienone is 1. The second kappa shape index (κ2) is 5.17. The molecule has 3 nitrogen and oxygen atoms in total. The van der Waals surface area contributed by atoms with Crippen LogP contribution in [0.2, 0.25) is 0 Å². The average molecular weight is 244 g/mol. The number of rotatable bonds is 3. The molecule has 2 atom stereocenters. The highest BCUT2D eigenvalue weighted by Crippen LogP contribution is 2.32. The van der Waals surface area contributed by atoms with Gasteiger partial charge >= 0.3 is 5.97 Å². The van der Waals surface area contributed by atoms with Crippen LogP contribution in [0, 0.1) is 5.92 Å². The Morgan fingerprint density at radius 1 is 1.17 bits per heavy atom. The Morgan fingerprint density at radius 3 is 2.39 bits per heavy atom. The summed E-state index contributed by atoms with van der Waals surface area (Å²) in [6.07, 6.45) is 4.67. The number of carbonyl (C=O) groups is 2. The molecule has 1 aromatic carbocycles. The van der Waals surface area contributed by atoms with Crippen molar-refractivity contribution < 1.29 is 14.3 Å². The zero-order valence-corrected chi connectivity index (χ0v) is 10.6. The number of ketones is 1. The van der Waals surface area contributed by atoms with Crippen molar-refractivity contribution in [2.45, 2.75) is 19.3 Å². The molecule has 0 saturated heterocycles. The van der Waals surface area contributed by atoms with E-state index in [1.165, 1.54) is 7.11 Å². The number of hydrogen-bond acceptors (Lipinski definition) is 3. The van der Waals surface area contributed by atoms with Gasteiger partial charge in [0.15, 0.2) is 5.78 Å². The predicted molar refractivity (Wildman–Crippen MR) is 68.5 cm³/mol. The fourth-order valence-electron chi connectivity index (χ4n) is 2.24. The third-order valence-corrected chi connectivity index (χ3v) is 3.33. The summed E-state index contributed by atoms with van der Waals surface area (Å²) in [4.78, 5) is 22.6. The number of Topliss-reactive ketones (excluding diaryl/α,β-unsaturated/α-hetero) is 1. The average Bonchev–Trinajstić information content (AvgIpc) is 2.87. The van der Waals surface area contributed by atoms with Gasteiger partial charge in [-0.15, -0.1) is 0 Å². The lowest BCUT2D eigenvalue weighted by Crippen LogP contribution is -2.12. The molecule has 2 rings (SSSR count). The summed E-state index contributed by atoms with van der Waals surface area (Å²) in [5, 5.41) is 0. The predicted octanol–water partition coefficient (Wildman–Crippen LogP) is 2.72. The third kappa shape index (κ3) is 2.50. The van der Waals surface area contributed by atoms with Gasteiger partial charge in [0.1, 0.15) is 0 Å². The van der Waals surface area contributed by atoms with Crippen LogP contribution >= 0.6 is 0 Å². The van der Waals surface area contributed by atoms with Crippen LogP contribution in [0.4, 0.5) is 0 Å². The van der Waals surface area contributed by atoms with Gasteiger partial charge < -0.3 is 4.74 Å². The standard InChI is InChI=1S/C15H16O3/c1-10(16)11-3-5-12(6-4-11)13-7-8-14(9-13)15(17)18-2/h3-8,13-14H,9H2,1-2H3/t13-,14-/m1/s1. The smallest absolute Gasteiger partial charge is 0.312 e. The van der Waals surface area contributed by atoms with E-state index in [1.807, 2.05) is 36.4 Å². The molecule has 1 aromatic rings. The molecule has 0 aromatic heterocycles. The molecule has 0 heterocycles. The van der Waals surface area contributed by atoms with E-state index in [0.29, 0.717) is 5.56 Å². The van der Waals surface area contributed by atoms with E-state index in [9.17, 15) is 9.59 Å². The van der Waals surface area contributed by atoms with Crippen LogP contribution in [0.5, 0.6) is 0 Å². The Balaban J connectivity index is 2.08. The maximum absolute atomic E-state index is 11.4. The second-order valence-corrected chi connectivity index (χ2v) is 4.53. The molecule has 0 fully saturated rings. The van der Waals surface area contributed by atoms with Crippen LogP contribution in [0.15, 0.2) is 36.4 Å². The fourth-order valence-corrected chi connectivity index (χ4v) is 2.24. The Labute approximate surface area is 106 Å². The quantitative estimate of drug-likeness (QED) is 0.466. The zero-order valence-electron chi connectivity index (χ0n) is 10.6. The minimum absolute atomic E-state index is 0.0657. The Bertz CT molecular complexity index is 485. The van der Waals surface area contributed by atoms with Crippen LogP contribution in [-0.2, 0) is 9.53 Å². The SMILES string of the molecule is COC(=O)[C@@H]1C=C[C@@H](c2ccc(C(C)=O)cc2)C1. The van der Waals surface area contributed by atoms with Gasteiger partial charge in [0.25, 0.3) is 0 Å². The maximum Gasteiger partial charge on any atom is 0.312 e. The normalized spacial score (nSPS) is 21.9. The van der Waals surface area contributed by atoms with Crippen LogP contribution in [-0.4, -0.2) is 18.9 Å². The molecule has 3 heteroatoms. The van der Waals surface area contributed by atoms with E-state index in [-0.39, 0.29) is 23.6 Å². The van der Waals surface area contributed by atoms with E-state index >= 15 is 0 Å². The van der Waals surface area contributed by atoms with Gasteiger partial charge in [-0.2, -0.15) is 0 Å².